The highest BCUT2D eigenvalue weighted by Crippen LogP contribution is 2.48. The number of pyridine rings is 1. The van der Waals surface area contributed by atoms with Crippen LogP contribution in [0.1, 0.15) is 38.2 Å². The van der Waals surface area contributed by atoms with Crippen molar-refractivity contribution in [1.82, 2.24) is 19.4 Å². The summed E-state index contributed by atoms with van der Waals surface area (Å²) in [4.78, 5) is 26.7. The molecule has 33 heavy (non-hydrogen) atoms. The highest BCUT2D eigenvalue weighted by molar-refractivity contribution is 5.59. The summed E-state index contributed by atoms with van der Waals surface area (Å²) < 4.78 is 1.68. The van der Waals surface area contributed by atoms with Crippen LogP contribution in [0.2, 0.25) is 0 Å². The van der Waals surface area contributed by atoms with Crippen molar-refractivity contribution in [3.8, 4) is 11.3 Å². The third-order valence-electron chi connectivity index (χ3n) is 7.87. The Balaban J connectivity index is 1.36. The predicted octanol–water partition coefficient (Wildman–Crippen LogP) is 4.11. The van der Waals surface area contributed by atoms with E-state index in [1.54, 1.807) is 23.0 Å². The lowest BCUT2D eigenvalue weighted by Crippen LogP contribution is -2.49. The first-order chi connectivity index (χ1) is 15.9. The average molecular weight is 444 g/mol. The Kier molecular flexibility index (Phi) is 5.79. The maximum absolute atomic E-state index is 12.8. The third kappa shape index (κ3) is 4.20. The Morgan fingerprint density at radius 3 is 2.64 bits per heavy atom. The van der Waals surface area contributed by atoms with Gasteiger partial charge in [-0.25, -0.2) is 4.98 Å². The van der Waals surface area contributed by atoms with E-state index in [9.17, 15) is 4.79 Å². The molecule has 3 atom stereocenters. The van der Waals surface area contributed by atoms with E-state index in [4.69, 9.17) is 4.98 Å². The normalized spacial score (nSPS) is 25.1. The van der Waals surface area contributed by atoms with Crippen molar-refractivity contribution in [1.29, 1.82) is 0 Å². The lowest BCUT2D eigenvalue weighted by Gasteiger charge is -2.46. The van der Waals surface area contributed by atoms with Gasteiger partial charge in [0.15, 0.2) is 0 Å². The average Bonchev–Trinajstić information content (AvgIpc) is 3.16. The van der Waals surface area contributed by atoms with Gasteiger partial charge in [-0.3, -0.25) is 19.2 Å². The number of rotatable bonds is 5. The molecule has 0 radical (unpaired) electrons. The van der Waals surface area contributed by atoms with Crippen LogP contribution in [0.4, 0.5) is 5.95 Å². The molecule has 0 amide bonds. The van der Waals surface area contributed by atoms with Crippen LogP contribution in [0.5, 0.6) is 0 Å². The smallest absolute Gasteiger partial charge is 0.255 e. The Bertz CT molecular complexity index is 1160. The first-order valence-corrected chi connectivity index (χ1v) is 11.9. The van der Waals surface area contributed by atoms with Gasteiger partial charge < -0.3 is 4.90 Å². The maximum atomic E-state index is 12.8. The van der Waals surface area contributed by atoms with Crippen LogP contribution in [0.15, 0.2) is 65.7 Å². The molecule has 3 aromatic rings. The minimum Gasteiger partial charge on any atom is -0.342 e. The second-order valence-electron chi connectivity index (χ2n) is 10.00. The minimum atomic E-state index is -0.0338. The van der Waals surface area contributed by atoms with E-state index in [2.05, 4.69) is 59.1 Å². The molecule has 3 heterocycles. The van der Waals surface area contributed by atoms with Gasteiger partial charge in [-0.1, -0.05) is 37.3 Å². The van der Waals surface area contributed by atoms with Gasteiger partial charge in [-0.2, -0.15) is 0 Å². The summed E-state index contributed by atoms with van der Waals surface area (Å²) in [5.74, 6) is 0.737. The molecule has 2 aliphatic rings. The predicted molar refractivity (Wildman–Crippen MR) is 132 cm³/mol. The van der Waals surface area contributed by atoms with Crippen LogP contribution in [0, 0.1) is 5.41 Å². The molecular weight excluding hydrogens is 410 g/mol. The summed E-state index contributed by atoms with van der Waals surface area (Å²) in [5, 5.41) is 0. The number of nitrogens with zero attached hydrogens (tertiary/aromatic N) is 5. The van der Waals surface area contributed by atoms with Crippen molar-refractivity contribution in [2.45, 2.75) is 51.2 Å². The van der Waals surface area contributed by atoms with Crippen LogP contribution in [-0.4, -0.2) is 45.1 Å². The molecule has 5 rings (SSSR count). The first kappa shape index (κ1) is 21.8. The summed E-state index contributed by atoms with van der Waals surface area (Å²) in [6.07, 6.45) is 8.10. The van der Waals surface area contributed by atoms with Crippen molar-refractivity contribution >= 4 is 5.95 Å². The van der Waals surface area contributed by atoms with Crippen LogP contribution in [0.3, 0.4) is 0 Å². The van der Waals surface area contributed by atoms with Crippen LogP contribution in [-0.2, 0) is 13.6 Å². The van der Waals surface area contributed by atoms with Crippen LogP contribution >= 0.6 is 0 Å². The van der Waals surface area contributed by atoms with Crippen molar-refractivity contribution < 1.29 is 0 Å². The zero-order valence-electron chi connectivity index (χ0n) is 19.8. The molecule has 2 fully saturated rings. The summed E-state index contributed by atoms with van der Waals surface area (Å²) in [6, 6.07) is 17.2. The summed E-state index contributed by atoms with van der Waals surface area (Å²) in [5.41, 5.74) is 3.27. The SMILES string of the molecule is CN(c1nc(-c2ccncc2)cc(=O)n1C)[C@H]1CC[C@H]2N(Cc3ccccc3)CCC2(C)C1. The van der Waals surface area contributed by atoms with Crippen LogP contribution in [0.25, 0.3) is 11.3 Å². The number of hydrogen-bond donors (Lipinski definition) is 0. The van der Waals surface area contributed by atoms with Crippen LogP contribution < -0.4 is 10.5 Å². The minimum absolute atomic E-state index is 0.0338. The lowest BCUT2D eigenvalue weighted by molar-refractivity contribution is 0.0992. The van der Waals surface area contributed by atoms with Gasteiger partial charge in [0.1, 0.15) is 0 Å². The second kappa shape index (κ2) is 8.75. The molecule has 1 saturated carbocycles. The number of aromatic nitrogens is 3. The third-order valence-corrected chi connectivity index (χ3v) is 7.87. The zero-order valence-corrected chi connectivity index (χ0v) is 19.8. The zero-order chi connectivity index (χ0) is 23.0. The Morgan fingerprint density at radius 2 is 1.88 bits per heavy atom. The molecule has 2 aromatic heterocycles. The van der Waals surface area contributed by atoms with Crippen molar-refractivity contribution in [2.24, 2.45) is 12.5 Å². The number of benzene rings is 1. The monoisotopic (exact) mass is 443 g/mol. The summed E-state index contributed by atoms with van der Waals surface area (Å²) in [7, 11) is 3.92. The van der Waals surface area contributed by atoms with Crippen molar-refractivity contribution in [3.05, 3.63) is 76.8 Å². The standard InChI is InChI=1S/C27H33N5O/c1-27-13-16-32(19-20-7-5-4-6-8-20)24(27)10-9-22(18-27)30(2)26-29-23(17-25(33)31(26)3)21-11-14-28-15-12-21/h4-8,11-12,14-15,17,22,24H,9-10,13,16,18-19H2,1-3H3/t22-,24+,27?/m0/s1. The maximum Gasteiger partial charge on any atom is 0.255 e. The van der Waals surface area contributed by atoms with E-state index < -0.39 is 0 Å². The van der Waals surface area contributed by atoms with Crippen molar-refractivity contribution in [2.75, 3.05) is 18.5 Å². The quantitative estimate of drug-likeness (QED) is 0.594. The highest BCUT2D eigenvalue weighted by atomic mass is 16.1. The van der Waals surface area contributed by atoms with Gasteiger partial charge in [0, 0.05) is 56.7 Å². The first-order valence-electron chi connectivity index (χ1n) is 11.9. The van der Waals surface area contributed by atoms with Gasteiger partial charge in [-0.15, -0.1) is 0 Å². The topological polar surface area (TPSA) is 54.3 Å². The molecule has 0 N–H and O–H groups in total. The van der Waals surface area contributed by atoms with E-state index in [1.165, 1.54) is 18.4 Å². The van der Waals surface area contributed by atoms with E-state index in [0.29, 0.717) is 17.8 Å². The molecule has 1 aromatic carbocycles. The Labute approximate surface area is 195 Å². The molecule has 1 aliphatic carbocycles. The van der Waals surface area contributed by atoms with E-state index >= 15 is 0 Å². The number of anilines is 1. The number of hydrogen-bond acceptors (Lipinski definition) is 5. The molecule has 6 heteroatoms. The second-order valence-corrected chi connectivity index (χ2v) is 10.00. The molecule has 172 valence electrons. The summed E-state index contributed by atoms with van der Waals surface area (Å²) in [6.45, 7) is 4.65. The van der Waals surface area contributed by atoms with Crippen molar-refractivity contribution in [3.63, 3.8) is 0 Å². The largest absolute Gasteiger partial charge is 0.342 e. The molecule has 1 saturated heterocycles. The molecule has 0 bridgehead atoms. The van der Waals surface area contributed by atoms with Gasteiger partial charge in [0.2, 0.25) is 5.95 Å². The molecule has 1 unspecified atom stereocenters. The number of likely N-dealkylation sites (tertiary alicyclic amines) is 1. The fraction of sp³-hybridized carbons (Fsp3) is 0.444. The highest BCUT2D eigenvalue weighted by Gasteiger charge is 2.48. The summed E-state index contributed by atoms with van der Waals surface area (Å²) >= 11 is 0. The van der Waals surface area contributed by atoms with E-state index in [-0.39, 0.29) is 11.0 Å². The van der Waals surface area contributed by atoms with E-state index in [0.717, 1.165) is 37.4 Å². The fourth-order valence-corrected chi connectivity index (χ4v) is 5.94. The Hall–Kier alpha value is -2.99. The number of fused-ring (bicyclic) bond motifs is 1. The Morgan fingerprint density at radius 1 is 1.12 bits per heavy atom. The van der Waals surface area contributed by atoms with Gasteiger partial charge in [-0.05, 0) is 55.3 Å². The van der Waals surface area contributed by atoms with Gasteiger partial charge in [0.25, 0.3) is 5.56 Å². The molecule has 6 nitrogen and oxygen atoms in total. The molecule has 1 aliphatic heterocycles. The molecule has 0 spiro atoms. The van der Waals surface area contributed by atoms with E-state index in [1.807, 2.05) is 19.2 Å². The van der Waals surface area contributed by atoms with Gasteiger partial charge >= 0.3 is 0 Å². The molecular formula is C27H33N5O. The lowest BCUT2D eigenvalue weighted by atomic mass is 9.69. The fourth-order valence-electron chi connectivity index (χ4n) is 5.94. The van der Waals surface area contributed by atoms with Gasteiger partial charge in [0.05, 0.1) is 5.69 Å².